The molecular formula is C13H18N4O. The van der Waals surface area contributed by atoms with Gasteiger partial charge in [0.25, 0.3) is 0 Å². The summed E-state index contributed by atoms with van der Waals surface area (Å²) < 4.78 is 5.05. The van der Waals surface area contributed by atoms with Gasteiger partial charge in [0.2, 0.25) is 0 Å². The summed E-state index contributed by atoms with van der Waals surface area (Å²) in [6, 6.07) is 3.73. The third-order valence-corrected chi connectivity index (χ3v) is 2.64. The van der Waals surface area contributed by atoms with E-state index in [2.05, 4.69) is 16.9 Å². The van der Waals surface area contributed by atoms with Crippen LogP contribution >= 0.6 is 0 Å². The molecule has 0 aliphatic rings. The third kappa shape index (κ3) is 3.00. The van der Waals surface area contributed by atoms with Crippen molar-refractivity contribution in [3.63, 3.8) is 0 Å². The van der Waals surface area contributed by atoms with E-state index in [1.165, 1.54) is 0 Å². The van der Waals surface area contributed by atoms with Crippen molar-refractivity contribution in [2.45, 2.75) is 26.3 Å². The highest BCUT2D eigenvalue weighted by molar-refractivity contribution is 5.46. The van der Waals surface area contributed by atoms with Crippen LogP contribution in [-0.4, -0.2) is 17.0 Å². The summed E-state index contributed by atoms with van der Waals surface area (Å²) in [5.41, 5.74) is 6.91. The second-order valence-electron chi connectivity index (χ2n) is 4.30. The monoisotopic (exact) mass is 246 g/mol. The van der Waals surface area contributed by atoms with E-state index in [0.29, 0.717) is 5.82 Å². The standard InChI is InChI=1S/C13H18N4O/c1-3-4-12-15-11(14)7-13(16-12)17(2)8-10-5-6-18-9-10/h5-7,9H,3-4,8H2,1-2H3,(H2,14,15,16). The van der Waals surface area contributed by atoms with Crippen molar-refractivity contribution < 1.29 is 4.42 Å². The number of nitrogens with zero attached hydrogens (tertiary/aromatic N) is 3. The number of anilines is 2. The largest absolute Gasteiger partial charge is 0.472 e. The summed E-state index contributed by atoms with van der Waals surface area (Å²) in [4.78, 5) is 10.8. The molecule has 0 fully saturated rings. The van der Waals surface area contributed by atoms with Gasteiger partial charge in [0.1, 0.15) is 17.5 Å². The van der Waals surface area contributed by atoms with E-state index in [-0.39, 0.29) is 0 Å². The number of nitrogens with two attached hydrogens (primary N) is 1. The Hall–Kier alpha value is -2.04. The summed E-state index contributed by atoms with van der Waals surface area (Å²) in [5, 5.41) is 0. The van der Waals surface area contributed by atoms with Crippen LogP contribution < -0.4 is 10.6 Å². The highest BCUT2D eigenvalue weighted by atomic mass is 16.3. The Balaban J connectivity index is 2.16. The maximum atomic E-state index is 5.80. The first-order valence-corrected chi connectivity index (χ1v) is 6.04. The fourth-order valence-corrected chi connectivity index (χ4v) is 1.77. The van der Waals surface area contributed by atoms with Crippen molar-refractivity contribution in [2.75, 3.05) is 17.7 Å². The van der Waals surface area contributed by atoms with Gasteiger partial charge in [0.15, 0.2) is 0 Å². The zero-order valence-electron chi connectivity index (χ0n) is 10.8. The fourth-order valence-electron chi connectivity index (χ4n) is 1.77. The smallest absolute Gasteiger partial charge is 0.134 e. The molecule has 2 N–H and O–H groups in total. The van der Waals surface area contributed by atoms with Crippen LogP contribution in [0.5, 0.6) is 0 Å². The van der Waals surface area contributed by atoms with Gasteiger partial charge in [0, 0.05) is 31.6 Å². The Morgan fingerprint density at radius 3 is 2.89 bits per heavy atom. The van der Waals surface area contributed by atoms with Crippen LogP contribution in [0.3, 0.4) is 0 Å². The Labute approximate surface area is 107 Å². The second kappa shape index (κ2) is 5.53. The molecule has 0 atom stereocenters. The van der Waals surface area contributed by atoms with Crippen LogP contribution in [0.25, 0.3) is 0 Å². The molecule has 0 spiro atoms. The van der Waals surface area contributed by atoms with E-state index < -0.39 is 0 Å². The van der Waals surface area contributed by atoms with Crippen molar-refractivity contribution in [2.24, 2.45) is 0 Å². The van der Waals surface area contributed by atoms with E-state index in [1.807, 2.05) is 18.0 Å². The lowest BCUT2D eigenvalue weighted by molar-refractivity contribution is 0.563. The van der Waals surface area contributed by atoms with Crippen LogP contribution in [0.2, 0.25) is 0 Å². The molecule has 2 aromatic rings. The van der Waals surface area contributed by atoms with Gasteiger partial charge in [-0.25, -0.2) is 9.97 Å². The summed E-state index contributed by atoms with van der Waals surface area (Å²) >= 11 is 0. The predicted octanol–water partition coefficient (Wildman–Crippen LogP) is 2.24. The lowest BCUT2D eigenvalue weighted by Crippen LogP contribution is -2.18. The van der Waals surface area contributed by atoms with Gasteiger partial charge in [0.05, 0.1) is 12.5 Å². The first-order valence-electron chi connectivity index (χ1n) is 6.04. The normalized spacial score (nSPS) is 10.6. The maximum absolute atomic E-state index is 5.80. The van der Waals surface area contributed by atoms with Gasteiger partial charge in [-0.2, -0.15) is 0 Å². The molecule has 0 aromatic carbocycles. The highest BCUT2D eigenvalue weighted by Crippen LogP contribution is 2.16. The molecule has 0 amide bonds. The lowest BCUT2D eigenvalue weighted by Gasteiger charge is -2.18. The van der Waals surface area contributed by atoms with E-state index in [4.69, 9.17) is 10.2 Å². The topological polar surface area (TPSA) is 68.2 Å². The molecule has 18 heavy (non-hydrogen) atoms. The van der Waals surface area contributed by atoms with Gasteiger partial charge < -0.3 is 15.1 Å². The number of furan rings is 1. The Kier molecular flexibility index (Phi) is 3.82. The third-order valence-electron chi connectivity index (χ3n) is 2.64. The van der Waals surface area contributed by atoms with Crippen LogP contribution in [0.4, 0.5) is 11.6 Å². The average Bonchev–Trinajstić information content (AvgIpc) is 2.81. The summed E-state index contributed by atoms with van der Waals surface area (Å²) in [5.74, 6) is 2.15. The van der Waals surface area contributed by atoms with Crippen molar-refractivity contribution in [1.82, 2.24) is 9.97 Å². The number of hydrogen-bond donors (Lipinski definition) is 1. The van der Waals surface area contributed by atoms with E-state index in [9.17, 15) is 0 Å². The zero-order valence-corrected chi connectivity index (χ0v) is 10.8. The van der Waals surface area contributed by atoms with Crippen LogP contribution in [-0.2, 0) is 13.0 Å². The van der Waals surface area contributed by atoms with E-state index in [0.717, 1.165) is 36.6 Å². The summed E-state index contributed by atoms with van der Waals surface area (Å²) in [6.07, 6.45) is 5.25. The lowest BCUT2D eigenvalue weighted by atomic mass is 10.3. The molecule has 2 heterocycles. The molecule has 0 unspecified atom stereocenters. The number of hydrogen-bond acceptors (Lipinski definition) is 5. The van der Waals surface area contributed by atoms with Crippen molar-refractivity contribution in [1.29, 1.82) is 0 Å². The number of aromatic nitrogens is 2. The summed E-state index contributed by atoms with van der Waals surface area (Å²) in [7, 11) is 1.98. The van der Waals surface area contributed by atoms with Crippen molar-refractivity contribution >= 4 is 11.6 Å². The molecule has 0 saturated heterocycles. The van der Waals surface area contributed by atoms with Crippen molar-refractivity contribution in [3.8, 4) is 0 Å². The first kappa shape index (κ1) is 12.4. The first-order chi connectivity index (χ1) is 8.69. The van der Waals surface area contributed by atoms with Crippen LogP contribution in [0, 0.1) is 0 Å². The molecule has 0 saturated carbocycles. The predicted molar refractivity (Wildman–Crippen MR) is 71.3 cm³/mol. The minimum absolute atomic E-state index is 0.516. The fraction of sp³-hybridized carbons (Fsp3) is 0.385. The Morgan fingerprint density at radius 1 is 1.39 bits per heavy atom. The highest BCUT2D eigenvalue weighted by Gasteiger charge is 2.08. The van der Waals surface area contributed by atoms with E-state index in [1.54, 1.807) is 18.6 Å². The number of aryl methyl sites for hydroxylation is 1. The van der Waals surface area contributed by atoms with Crippen molar-refractivity contribution in [3.05, 3.63) is 36.0 Å². The average molecular weight is 246 g/mol. The molecule has 0 aliphatic carbocycles. The molecule has 0 aliphatic heterocycles. The van der Waals surface area contributed by atoms with Crippen LogP contribution in [0.15, 0.2) is 29.1 Å². The SMILES string of the molecule is CCCc1nc(N)cc(N(C)Cc2ccoc2)n1. The molecule has 0 radical (unpaired) electrons. The number of nitrogen functional groups attached to an aromatic ring is 1. The molecule has 0 bridgehead atoms. The Bertz CT molecular complexity index is 496. The summed E-state index contributed by atoms with van der Waals surface area (Å²) in [6.45, 7) is 2.83. The molecule has 5 heteroatoms. The minimum atomic E-state index is 0.516. The maximum Gasteiger partial charge on any atom is 0.134 e. The molecular weight excluding hydrogens is 228 g/mol. The van der Waals surface area contributed by atoms with Gasteiger partial charge in [-0.15, -0.1) is 0 Å². The molecule has 96 valence electrons. The zero-order chi connectivity index (χ0) is 13.0. The Morgan fingerprint density at radius 2 is 2.22 bits per heavy atom. The molecule has 5 nitrogen and oxygen atoms in total. The molecule has 2 rings (SSSR count). The van der Waals surface area contributed by atoms with Gasteiger partial charge in [-0.3, -0.25) is 0 Å². The van der Waals surface area contributed by atoms with Gasteiger partial charge >= 0.3 is 0 Å². The van der Waals surface area contributed by atoms with Gasteiger partial charge in [-0.05, 0) is 12.5 Å². The minimum Gasteiger partial charge on any atom is -0.472 e. The number of rotatable bonds is 5. The second-order valence-corrected chi connectivity index (χ2v) is 4.30. The quantitative estimate of drug-likeness (QED) is 0.876. The van der Waals surface area contributed by atoms with Gasteiger partial charge in [-0.1, -0.05) is 6.92 Å². The molecule has 2 aromatic heterocycles. The van der Waals surface area contributed by atoms with Crippen LogP contribution in [0.1, 0.15) is 24.7 Å². The van der Waals surface area contributed by atoms with E-state index >= 15 is 0 Å².